The van der Waals surface area contributed by atoms with Gasteiger partial charge in [-0.2, -0.15) is 0 Å². The Balaban J connectivity index is 1.81. The SMILES string of the molecule is CCCCN(C)S(=O)(=O)c1ccc(C(=O)Nc2sc(-c3ccccc3)cc2C(N)=O)cc1. The Morgan fingerprint density at radius 3 is 2.31 bits per heavy atom. The second-order valence-corrected chi connectivity index (χ2v) is 10.3. The van der Waals surface area contributed by atoms with E-state index in [0.29, 0.717) is 11.5 Å². The van der Waals surface area contributed by atoms with Crippen LogP contribution in [0.5, 0.6) is 0 Å². The fourth-order valence-corrected chi connectivity index (χ4v) is 5.32. The summed E-state index contributed by atoms with van der Waals surface area (Å²) in [5.41, 5.74) is 6.89. The Kier molecular flexibility index (Phi) is 7.44. The van der Waals surface area contributed by atoms with E-state index >= 15 is 0 Å². The van der Waals surface area contributed by atoms with Crippen molar-refractivity contribution in [3.63, 3.8) is 0 Å². The average molecular weight is 472 g/mol. The molecule has 0 aliphatic rings. The molecule has 0 atom stereocenters. The van der Waals surface area contributed by atoms with Crippen LogP contribution in [0.15, 0.2) is 65.6 Å². The number of hydrogen-bond acceptors (Lipinski definition) is 5. The Morgan fingerprint density at radius 1 is 1.06 bits per heavy atom. The number of primary amides is 1. The quantitative estimate of drug-likeness (QED) is 0.488. The number of nitrogens with one attached hydrogen (secondary N) is 1. The zero-order valence-corrected chi connectivity index (χ0v) is 19.5. The molecule has 2 amide bonds. The van der Waals surface area contributed by atoms with Gasteiger partial charge in [0.1, 0.15) is 5.00 Å². The van der Waals surface area contributed by atoms with Gasteiger partial charge in [0, 0.05) is 24.0 Å². The van der Waals surface area contributed by atoms with Crippen molar-refractivity contribution in [1.29, 1.82) is 0 Å². The number of carbonyl (C=O) groups excluding carboxylic acids is 2. The highest BCUT2D eigenvalue weighted by molar-refractivity contribution is 7.89. The number of benzene rings is 2. The Bertz CT molecular complexity index is 1200. The third kappa shape index (κ3) is 5.24. The molecule has 0 saturated carbocycles. The first-order chi connectivity index (χ1) is 15.2. The number of thiophene rings is 1. The smallest absolute Gasteiger partial charge is 0.256 e. The summed E-state index contributed by atoms with van der Waals surface area (Å²) in [6.45, 7) is 2.42. The van der Waals surface area contributed by atoms with Crippen molar-refractivity contribution in [1.82, 2.24) is 4.31 Å². The minimum atomic E-state index is -3.62. The van der Waals surface area contributed by atoms with Gasteiger partial charge in [0.2, 0.25) is 10.0 Å². The van der Waals surface area contributed by atoms with Gasteiger partial charge >= 0.3 is 0 Å². The monoisotopic (exact) mass is 471 g/mol. The predicted octanol–water partition coefficient (Wildman–Crippen LogP) is 4.19. The summed E-state index contributed by atoms with van der Waals surface area (Å²) in [4.78, 5) is 25.6. The van der Waals surface area contributed by atoms with Crippen molar-refractivity contribution in [3.8, 4) is 10.4 Å². The first-order valence-corrected chi connectivity index (χ1v) is 12.4. The van der Waals surface area contributed by atoms with Crippen LogP contribution in [0.1, 0.15) is 40.5 Å². The molecule has 168 valence electrons. The van der Waals surface area contributed by atoms with E-state index in [2.05, 4.69) is 5.32 Å². The number of anilines is 1. The zero-order valence-electron chi connectivity index (χ0n) is 17.9. The molecule has 0 saturated heterocycles. The summed E-state index contributed by atoms with van der Waals surface area (Å²) in [6.07, 6.45) is 1.66. The molecule has 7 nitrogen and oxygen atoms in total. The fourth-order valence-electron chi connectivity index (χ4n) is 3.05. The molecule has 0 bridgehead atoms. The van der Waals surface area contributed by atoms with Gasteiger partial charge in [0.05, 0.1) is 10.5 Å². The summed E-state index contributed by atoms with van der Waals surface area (Å²) >= 11 is 1.25. The number of nitrogens with two attached hydrogens (primary N) is 1. The van der Waals surface area contributed by atoms with Gasteiger partial charge in [-0.05, 0) is 42.3 Å². The van der Waals surface area contributed by atoms with Crippen LogP contribution in [0, 0.1) is 0 Å². The molecule has 0 spiro atoms. The lowest BCUT2D eigenvalue weighted by atomic mass is 10.1. The van der Waals surface area contributed by atoms with Crippen molar-refractivity contribution in [2.75, 3.05) is 18.9 Å². The molecule has 3 N–H and O–H groups in total. The maximum atomic E-state index is 12.8. The highest BCUT2D eigenvalue weighted by Gasteiger charge is 2.21. The topological polar surface area (TPSA) is 110 Å². The second kappa shape index (κ2) is 10.1. The summed E-state index contributed by atoms with van der Waals surface area (Å²) in [5, 5.41) is 3.07. The van der Waals surface area contributed by atoms with Gasteiger partial charge in [-0.25, -0.2) is 12.7 Å². The number of nitrogens with zero attached hydrogens (tertiary/aromatic N) is 1. The van der Waals surface area contributed by atoms with Crippen molar-refractivity contribution in [3.05, 3.63) is 71.8 Å². The Hall–Kier alpha value is -3.01. The summed E-state index contributed by atoms with van der Waals surface area (Å²) in [6, 6.07) is 16.8. The summed E-state index contributed by atoms with van der Waals surface area (Å²) in [7, 11) is -2.08. The van der Waals surface area contributed by atoms with Crippen LogP contribution in [-0.4, -0.2) is 38.1 Å². The van der Waals surface area contributed by atoms with Gasteiger partial charge in [-0.3, -0.25) is 9.59 Å². The molecule has 0 aliphatic carbocycles. The van der Waals surface area contributed by atoms with Gasteiger partial charge in [0.15, 0.2) is 0 Å². The summed E-state index contributed by atoms with van der Waals surface area (Å²) < 4.78 is 26.6. The molecule has 0 radical (unpaired) electrons. The van der Waals surface area contributed by atoms with E-state index in [9.17, 15) is 18.0 Å². The van der Waals surface area contributed by atoms with E-state index in [1.165, 1.54) is 47.0 Å². The first kappa shape index (κ1) is 23.6. The highest BCUT2D eigenvalue weighted by Crippen LogP contribution is 2.35. The average Bonchev–Trinajstić information content (AvgIpc) is 3.22. The van der Waals surface area contributed by atoms with E-state index in [0.717, 1.165) is 23.3 Å². The molecule has 1 heterocycles. The molecule has 0 unspecified atom stereocenters. The van der Waals surface area contributed by atoms with Crippen molar-refractivity contribution >= 4 is 38.2 Å². The molecule has 3 aromatic rings. The molecule has 9 heteroatoms. The van der Waals surface area contributed by atoms with E-state index in [4.69, 9.17) is 5.73 Å². The van der Waals surface area contributed by atoms with Crippen LogP contribution in [0.25, 0.3) is 10.4 Å². The minimum Gasteiger partial charge on any atom is -0.366 e. The number of rotatable bonds is 9. The lowest BCUT2D eigenvalue weighted by Gasteiger charge is -2.17. The van der Waals surface area contributed by atoms with Crippen molar-refractivity contribution in [2.45, 2.75) is 24.7 Å². The third-order valence-corrected chi connectivity index (χ3v) is 7.90. The Labute approximate surface area is 191 Å². The predicted molar refractivity (Wildman–Crippen MR) is 127 cm³/mol. The zero-order chi connectivity index (χ0) is 23.3. The highest BCUT2D eigenvalue weighted by atomic mass is 32.2. The maximum Gasteiger partial charge on any atom is 0.256 e. The molecule has 0 aliphatic heterocycles. The van der Waals surface area contributed by atoms with Crippen LogP contribution in [0.2, 0.25) is 0 Å². The molecule has 3 rings (SSSR count). The van der Waals surface area contributed by atoms with Gasteiger partial charge in [-0.15, -0.1) is 11.3 Å². The number of carbonyl (C=O) groups is 2. The van der Waals surface area contributed by atoms with Crippen LogP contribution >= 0.6 is 11.3 Å². The van der Waals surface area contributed by atoms with Crippen molar-refractivity contribution < 1.29 is 18.0 Å². The van der Waals surface area contributed by atoms with E-state index in [1.54, 1.807) is 6.07 Å². The number of hydrogen-bond donors (Lipinski definition) is 2. The van der Waals surface area contributed by atoms with Crippen LogP contribution in [0.4, 0.5) is 5.00 Å². The maximum absolute atomic E-state index is 12.8. The van der Waals surface area contributed by atoms with E-state index in [1.807, 2.05) is 37.3 Å². The second-order valence-electron chi connectivity index (χ2n) is 7.24. The molecule has 2 aromatic carbocycles. The van der Waals surface area contributed by atoms with Gasteiger partial charge < -0.3 is 11.1 Å². The van der Waals surface area contributed by atoms with Gasteiger partial charge in [0.25, 0.3) is 11.8 Å². The van der Waals surface area contributed by atoms with Gasteiger partial charge in [-0.1, -0.05) is 43.7 Å². The number of sulfonamides is 1. The van der Waals surface area contributed by atoms with Crippen LogP contribution in [0.3, 0.4) is 0 Å². The fraction of sp³-hybridized carbons (Fsp3) is 0.217. The minimum absolute atomic E-state index is 0.118. The Morgan fingerprint density at radius 2 is 1.72 bits per heavy atom. The lowest BCUT2D eigenvalue weighted by Crippen LogP contribution is -2.28. The molecule has 1 aromatic heterocycles. The number of unbranched alkanes of at least 4 members (excludes halogenated alkanes) is 1. The number of amides is 2. The summed E-state index contributed by atoms with van der Waals surface area (Å²) in [5.74, 6) is -1.10. The molecule has 32 heavy (non-hydrogen) atoms. The lowest BCUT2D eigenvalue weighted by molar-refractivity contribution is 0.100. The van der Waals surface area contributed by atoms with E-state index < -0.39 is 21.8 Å². The largest absolute Gasteiger partial charge is 0.366 e. The van der Waals surface area contributed by atoms with E-state index in [-0.39, 0.29) is 16.0 Å². The normalized spacial score (nSPS) is 11.5. The van der Waals surface area contributed by atoms with Crippen LogP contribution < -0.4 is 11.1 Å². The molecular formula is C23H25N3O4S2. The standard InChI is InChI=1S/C23H25N3O4S2/c1-3-4-14-26(2)32(29,30)18-12-10-17(11-13-18)22(28)25-23-19(21(24)27)15-20(31-23)16-8-6-5-7-9-16/h5-13,15H,3-4,14H2,1-2H3,(H2,24,27)(H,25,28). The molecule has 0 fully saturated rings. The van der Waals surface area contributed by atoms with Crippen LogP contribution in [-0.2, 0) is 10.0 Å². The van der Waals surface area contributed by atoms with Crippen molar-refractivity contribution in [2.24, 2.45) is 5.73 Å². The molecular weight excluding hydrogens is 446 g/mol. The third-order valence-electron chi connectivity index (χ3n) is 4.93. The first-order valence-electron chi connectivity index (χ1n) is 10.1.